The molecule has 3 nitrogen and oxygen atoms in total. The highest BCUT2D eigenvalue weighted by Crippen LogP contribution is 2.29. The van der Waals surface area contributed by atoms with Crippen LogP contribution in [-0.2, 0) is 9.53 Å². The average Bonchev–Trinajstić information content (AvgIpc) is 2.26. The number of carbonyl (C=O) groups is 1. The maximum absolute atomic E-state index is 11.3. The molecule has 0 fully saturated rings. The van der Waals surface area contributed by atoms with Crippen LogP contribution < -0.4 is 5.73 Å². The van der Waals surface area contributed by atoms with Crippen LogP contribution in [0.4, 0.5) is 0 Å². The second-order valence-electron chi connectivity index (χ2n) is 3.77. The maximum atomic E-state index is 11.3. The van der Waals surface area contributed by atoms with Crippen molar-refractivity contribution < 1.29 is 9.53 Å². The minimum absolute atomic E-state index is 0.110. The molecule has 0 aliphatic heterocycles. The molecule has 1 aromatic rings. The number of nitrogens with two attached hydrogens (primary N) is 1. The molecule has 0 aromatic heterocycles. The number of rotatable bonds is 4. The highest BCUT2D eigenvalue weighted by atomic mass is 35.5. The molecule has 4 heteroatoms. The predicted octanol–water partition coefficient (Wildman–Crippen LogP) is 2.33. The van der Waals surface area contributed by atoms with Crippen molar-refractivity contribution in [3.63, 3.8) is 0 Å². The van der Waals surface area contributed by atoms with Gasteiger partial charge in [0.15, 0.2) is 0 Å². The van der Waals surface area contributed by atoms with E-state index >= 15 is 0 Å². The lowest BCUT2D eigenvalue weighted by atomic mass is 9.90. The topological polar surface area (TPSA) is 52.3 Å². The number of benzene rings is 1. The van der Waals surface area contributed by atoms with Gasteiger partial charge in [-0.1, -0.05) is 29.8 Å². The summed E-state index contributed by atoms with van der Waals surface area (Å²) >= 11 is 6.08. The third-order valence-electron chi connectivity index (χ3n) is 2.55. The fourth-order valence-electron chi connectivity index (χ4n) is 1.62. The number of ether oxygens (including phenoxy) is 1. The van der Waals surface area contributed by atoms with E-state index in [0.717, 1.165) is 5.56 Å². The SMILES string of the molecule is COC(=O)CC(c1ccccc1Cl)C(C)N. The molecule has 0 aliphatic rings. The van der Waals surface area contributed by atoms with Crippen LogP contribution in [0.25, 0.3) is 0 Å². The summed E-state index contributed by atoms with van der Waals surface area (Å²) < 4.78 is 4.65. The molecule has 2 atom stereocenters. The second kappa shape index (κ2) is 5.87. The van der Waals surface area contributed by atoms with E-state index in [1.54, 1.807) is 6.07 Å². The molecule has 1 aromatic carbocycles. The molecule has 0 saturated carbocycles. The zero-order valence-corrected chi connectivity index (χ0v) is 10.2. The molecule has 2 N–H and O–H groups in total. The molecule has 0 spiro atoms. The van der Waals surface area contributed by atoms with Crippen LogP contribution in [0.2, 0.25) is 5.02 Å². The molecule has 0 radical (unpaired) electrons. The monoisotopic (exact) mass is 241 g/mol. The number of methoxy groups -OCH3 is 1. The van der Waals surface area contributed by atoms with Crippen molar-refractivity contribution in [3.05, 3.63) is 34.9 Å². The first kappa shape index (κ1) is 13.0. The molecular weight excluding hydrogens is 226 g/mol. The maximum Gasteiger partial charge on any atom is 0.306 e. The van der Waals surface area contributed by atoms with Crippen molar-refractivity contribution in [1.29, 1.82) is 0 Å². The molecule has 88 valence electrons. The number of esters is 1. The van der Waals surface area contributed by atoms with Gasteiger partial charge in [-0.2, -0.15) is 0 Å². The Balaban J connectivity index is 2.94. The van der Waals surface area contributed by atoms with Gasteiger partial charge in [-0.15, -0.1) is 0 Å². The van der Waals surface area contributed by atoms with Gasteiger partial charge in [0.1, 0.15) is 0 Å². The van der Waals surface area contributed by atoms with Gasteiger partial charge in [0.25, 0.3) is 0 Å². The Morgan fingerprint density at radius 3 is 2.62 bits per heavy atom. The number of hydrogen-bond donors (Lipinski definition) is 1. The summed E-state index contributed by atoms with van der Waals surface area (Å²) in [4.78, 5) is 11.3. The van der Waals surface area contributed by atoms with Crippen molar-refractivity contribution in [2.45, 2.75) is 25.3 Å². The number of carbonyl (C=O) groups excluding carboxylic acids is 1. The largest absolute Gasteiger partial charge is 0.469 e. The highest BCUT2D eigenvalue weighted by molar-refractivity contribution is 6.31. The molecular formula is C12H16ClNO2. The van der Waals surface area contributed by atoms with Crippen molar-refractivity contribution in [1.82, 2.24) is 0 Å². The van der Waals surface area contributed by atoms with Gasteiger partial charge in [-0.3, -0.25) is 4.79 Å². The van der Waals surface area contributed by atoms with Crippen molar-refractivity contribution in [2.24, 2.45) is 5.73 Å². The zero-order valence-electron chi connectivity index (χ0n) is 9.44. The van der Waals surface area contributed by atoms with Crippen LogP contribution in [0, 0.1) is 0 Å². The molecule has 0 heterocycles. The van der Waals surface area contributed by atoms with Gasteiger partial charge in [-0.25, -0.2) is 0 Å². The number of halogens is 1. The zero-order chi connectivity index (χ0) is 12.1. The summed E-state index contributed by atoms with van der Waals surface area (Å²) in [7, 11) is 1.37. The fraction of sp³-hybridized carbons (Fsp3) is 0.417. The molecule has 0 amide bonds. The minimum atomic E-state index is -0.276. The van der Waals surface area contributed by atoms with E-state index in [4.69, 9.17) is 17.3 Å². The Morgan fingerprint density at radius 1 is 1.50 bits per heavy atom. The summed E-state index contributed by atoms with van der Waals surface area (Å²) in [6.45, 7) is 1.86. The Morgan fingerprint density at radius 2 is 2.12 bits per heavy atom. The predicted molar refractivity (Wildman–Crippen MR) is 64.5 cm³/mol. The van der Waals surface area contributed by atoms with Crippen molar-refractivity contribution >= 4 is 17.6 Å². The van der Waals surface area contributed by atoms with Gasteiger partial charge in [0, 0.05) is 17.0 Å². The van der Waals surface area contributed by atoms with Crippen LogP contribution in [0.15, 0.2) is 24.3 Å². The third-order valence-corrected chi connectivity index (χ3v) is 2.90. The van der Waals surface area contributed by atoms with Gasteiger partial charge in [-0.05, 0) is 18.6 Å². The lowest BCUT2D eigenvalue weighted by Crippen LogP contribution is -2.27. The summed E-state index contributed by atoms with van der Waals surface area (Å²) in [5.74, 6) is -0.386. The summed E-state index contributed by atoms with van der Waals surface area (Å²) in [6, 6.07) is 7.26. The first-order chi connectivity index (χ1) is 7.56. The molecule has 0 saturated heterocycles. The van der Waals surface area contributed by atoms with Crippen LogP contribution >= 0.6 is 11.6 Å². The molecule has 0 bridgehead atoms. The molecule has 16 heavy (non-hydrogen) atoms. The van der Waals surface area contributed by atoms with E-state index < -0.39 is 0 Å². The normalized spacial score (nSPS) is 14.2. The average molecular weight is 242 g/mol. The van der Waals surface area contributed by atoms with Gasteiger partial charge in [0.2, 0.25) is 0 Å². The van der Waals surface area contributed by atoms with E-state index in [1.165, 1.54) is 7.11 Å². The Labute approximate surface area is 101 Å². The Hall–Kier alpha value is -1.06. The van der Waals surface area contributed by atoms with Gasteiger partial charge in [0.05, 0.1) is 13.5 Å². The second-order valence-corrected chi connectivity index (χ2v) is 4.17. The van der Waals surface area contributed by atoms with Crippen LogP contribution in [0.5, 0.6) is 0 Å². The lowest BCUT2D eigenvalue weighted by Gasteiger charge is -2.21. The first-order valence-corrected chi connectivity index (χ1v) is 5.51. The molecule has 1 rings (SSSR count). The standard InChI is InChI=1S/C12H16ClNO2/c1-8(14)10(7-12(15)16-2)9-5-3-4-6-11(9)13/h3-6,8,10H,7,14H2,1-2H3. The van der Waals surface area contributed by atoms with Crippen LogP contribution in [0.1, 0.15) is 24.8 Å². The van der Waals surface area contributed by atoms with E-state index in [1.807, 2.05) is 25.1 Å². The molecule has 0 aliphatic carbocycles. The lowest BCUT2D eigenvalue weighted by molar-refractivity contribution is -0.141. The number of hydrogen-bond acceptors (Lipinski definition) is 3. The summed E-state index contributed by atoms with van der Waals surface area (Å²) in [5, 5.41) is 0.633. The van der Waals surface area contributed by atoms with Crippen LogP contribution in [-0.4, -0.2) is 19.1 Å². The first-order valence-electron chi connectivity index (χ1n) is 5.13. The van der Waals surface area contributed by atoms with Crippen molar-refractivity contribution in [2.75, 3.05) is 7.11 Å². The van der Waals surface area contributed by atoms with Crippen molar-refractivity contribution in [3.8, 4) is 0 Å². The highest BCUT2D eigenvalue weighted by Gasteiger charge is 2.22. The Kier molecular flexibility index (Phi) is 4.77. The third kappa shape index (κ3) is 3.22. The fourth-order valence-corrected chi connectivity index (χ4v) is 1.89. The minimum Gasteiger partial charge on any atom is -0.469 e. The van der Waals surface area contributed by atoms with Gasteiger partial charge >= 0.3 is 5.97 Å². The van der Waals surface area contributed by atoms with Crippen LogP contribution in [0.3, 0.4) is 0 Å². The summed E-state index contributed by atoms with van der Waals surface area (Å²) in [6.07, 6.45) is 0.248. The van der Waals surface area contributed by atoms with Gasteiger partial charge < -0.3 is 10.5 Å². The smallest absolute Gasteiger partial charge is 0.306 e. The summed E-state index contributed by atoms with van der Waals surface area (Å²) in [5.41, 5.74) is 6.77. The quantitative estimate of drug-likeness (QED) is 0.824. The van der Waals surface area contributed by atoms with E-state index in [-0.39, 0.29) is 24.3 Å². The molecule has 2 unspecified atom stereocenters. The van der Waals surface area contributed by atoms with E-state index in [0.29, 0.717) is 5.02 Å². The Bertz CT molecular complexity index is 366. The van der Waals surface area contributed by atoms with E-state index in [2.05, 4.69) is 4.74 Å². The van der Waals surface area contributed by atoms with E-state index in [9.17, 15) is 4.79 Å².